The zero-order valence-electron chi connectivity index (χ0n) is 14.0. The van der Waals surface area contributed by atoms with Crippen molar-refractivity contribution in [3.63, 3.8) is 0 Å². The second-order valence-electron chi connectivity index (χ2n) is 8.59. The van der Waals surface area contributed by atoms with E-state index in [2.05, 4.69) is 26.0 Å². The molecule has 21 heavy (non-hydrogen) atoms. The summed E-state index contributed by atoms with van der Waals surface area (Å²) in [6.07, 6.45) is 16.1. The summed E-state index contributed by atoms with van der Waals surface area (Å²) in [6, 6.07) is 0. The number of fused-ring (bicyclic) bond motifs is 5. The molecule has 2 fully saturated rings. The fourth-order valence-electron chi connectivity index (χ4n) is 6.45. The predicted molar refractivity (Wildman–Crippen MR) is 86.8 cm³/mol. The fraction of sp³-hybridized carbons (Fsp3) is 0.800. The average molecular weight is 286 g/mol. The van der Waals surface area contributed by atoms with Crippen LogP contribution >= 0.6 is 0 Å². The number of methoxy groups -OCH3 is 1. The number of ether oxygens (including phenoxy) is 1. The molecule has 0 amide bonds. The minimum atomic E-state index is 0.425. The second-order valence-corrected chi connectivity index (χ2v) is 8.59. The molecule has 0 aromatic rings. The molecule has 5 atom stereocenters. The molecule has 116 valence electrons. The van der Waals surface area contributed by atoms with Crippen LogP contribution in [0.3, 0.4) is 0 Å². The van der Waals surface area contributed by atoms with E-state index in [9.17, 15) is 0 Å². The van der Waals surface area contributed by atoms with Gasteiger partial charge in [0.2, 0.25) is 0 Å². The normalized spacial score (nSPS) is 48.6. The Labute approximate surface area is 129 Å². The van der Waals surface area contributed by atoms with Gasteiger partial charge in [0.1, 0.15) is 0 Å². The third kappa shape index (κ3) is 1.88. The Balaban J connectivity index is 1.70. The molecule has 0 saturated heterocycles. The topological polar surface area (TPSA) is 9.23 Å². The van der Waals surface area contributed by atoms with Crippen molar-refractivity contribution >= 4 is 0 Å². The quantitative estimate of drug-likeness (QED) is 0.620. The highest BCUT2D eigenvalue weighted by Gasteiger charge is 2.55. The van der Waals surface area contributed by atoms with Crippen LogP contribution in [0.1, 0.15) is 65.2 Å². The highest BCUT2D eigenvalue weighted by atomic mass is 16.5. The zero-order chi connectivity index (χ0) is 14.7. The first kappa shape index (κ1) is 13.9. The molecule has 0 aliphatic heterocycles. The Morgan fingerprint density at radius 1 is 1.10 bits per heavy atom. The lowest BCUT2D eigenvalue weighted by Gasteiger charge is -2.56. The van der Waals surface area contributed by atoms with Crippen molar-refractivity contribution in [2.45, 2.75) is 65.2 Å². The van der Waals surface area contributed by atoms with E-state index >= 15 is 0 Å². The molecular weight excluding hydrogens is 256 g/mol. The first-order valence-electron chi connectivity index (χ1n) is 9.02. The summed E-state index contributed by atoms with van der Waals surface area (Å²) in [6.45, 7) is 5.14. The molecule has 4 aliphatic carbocycles. The maximum absolute atomic E-state index is 5.53. The molecule has 1 heteroatoms. The SMILES string of the molecule is COC1=CC2=CC[C@@H]3[C@H]4CCC[C@]4(C)CC[C@H]3[C@]2(C)CC1. The third-order valence-electron chi connectivity index (χ3n) is 7.78. The molecule has 0 aromatic heterocycles. The maximum atomic E-state index is 5.53. The van der Waals surface area contributed by atoms with Gasteiger partial charge in [-0.25, -0.2) is 0 Å². The number of hydrogen-bond acceptors (Lipinski definition) is 1. The van der Waals surface area contributed by atoms with Gasteiger partial charge in [-0.1, -0.05) is 26.3 Å². The van der Waals surface area contributed by atoms with Crippen molar-refractivity contribution < 1.29 is 4.74 Å². The molecule has 0 unspecified atom stereocenters. The molecular formula is C20H30O. The van der Waals surface area contributed by atoms with Gasteiger partial charge in [0.05, 0.1) is 12.9 Å². The van der Waals surface area contributed by atoms with E-state index in [4.69, 9.17) is 4.74 Å². The number of allylic oxidation sites excluding steroid dienone is 4. The van der Waals surface area contributed by atoms with Gasteiger partial charge < -0.3 is 4.74 Å². The monoisotopic (exact) mass is 286 g/mol. The molecule has 0 aromatic carbocycles. The van der Waals surface area contributed by atoms with E-state index in [1.165, 1.54) is 50.7 Å². The first-order valence-corrected chi connectivity index (χ1v) is 9.02. The molecule has 0 heterocycles. The van der Waals surface area contributed by atoms with E-state index < -0.39 is 0 Å². The molecule has 4 rings (SSSR count). The van der Waals surface area contributed by atoms with E-state index in [0.29, 0.717) is 10.8 Å². The molecule has 0 spiro atoms. The van der Waals surface area contributed by atoms with Crippen molar-refractivity contribution in [3.05, 3.63) is 23.5 Å². The minimum absolute atomic E-state index is 0.425. The van der Waals surface area contributed by atoms with Gasteiger partial charge in [0.15, 0.2) is 0 Å². The van der Waals surface area contributed by atoms with E-state index in [1.54, 1.807) is 5.57 Å². The van der Waals surface area contributed by atoms with Crippen LogP contribution in [0.25, 0.3) is 0 Å². The second kappa shape index (κ2) is 4.64. The van der Waals surface area contributed by atoms with Crippen LogP contribution in [0.15, 0.2) is 23.5 Å². The Hall–Kier alpha value is -0.720. The third-order valence-corrected chi connectivity index (χ3v) is 7.78. The van der Waals surface area contributed by atoms with Crippen molar-refractivity contribution in [1.82, 2.24) is 0 Å². The minimum Gasteiger partial charge on any atom is -0.501 e. The lowest BCUT2D eigenvalue weighted by atomic mass is 9.49. The van der Waals surface area contributed by atoms with Gasteiger partial charge in [-0.3, -0.25) is 0 Å². The van der Waals surface area contributed by atoms with Crippen molar-refractivity contribution in [2.75, 3.05) is 7.11 Å². The molecule has 0 radical (unpaired) electrons. The van der Waals surface area contributed by atoms with Crippen LogP contribution in [-0.2, 0) is 4.74 Å². The molecule has 0 N–H and O–H groups in total. The fourth-order valence-corrected chi connectivity index (χ4v) is 6.45. The molecule has 1 nitrogen and oxygen atoms in total. The van der Waals surface area contributed by atoms with Crippen molar-refractivity contribution in [2.24, 2.45) is 28.6 Å². The Bertz CT molecular complexity index is 502. The van der Waals surface area contributed by atoms with Gasteiger partial charge >= 0.3 is 0 Å². The van der Waals surface area contributed by atoms with Crippen LogP contribution in [-0.4, -0.2) is 7.11 Å². The molecule has 0 bridgehead atoms. The lowest BCUT2D eigenvalue weighted by Crippen LogP contribution is -2.47. The smallest absolute Gasteiger partial charge is 0.0958 e. The van der Waals surface area contributed by atoms with Gasteiger partial charge in [0.25, 0.3) is 0 Å². The van der Waals surface area contributed by atoms with E-state index in [1.807, 2.05) is 7.11 Å². The summed E-state index contributed by atoms with van der Waals surface area (Å²) >= 11 is 0. The summed E-state index contributed by atoms with van der Waals surface area (Å²) in [7, 11) is 1.82. The van der Waals surface area contributed by atoms with Gasteiger partial charge in [-0.05, 0) is 78.8 Å². The van der Waals surface area contributed by atoms with E-state index in [0.717, 1.165) is 24.2 Å². The first-order chi connectivity index (χ1) is 10.1. The van der Waals surface area contributed by atoms with Gasteiger partial charge in [0, 0.05) is 6.42 Å². The van der Waals surface area contributed by atoms with Crippen LogP contribution in [0.4, 0.5) is 0 Å². The van der Waals surface area contributed by atoms with Crippen LogP contribution in [0, 0.1) is 28.6 Å². The average Bonchev–Trinajstić information content (AvgIpc) is 2.88. The summed E-state index contributed by atoms with van der Waals surface area (Å²) in [5.41, 5.74) is 2.69. The molecule has 2 saturated carbocycles. The molecule has 4 aliphatic rings. The summed E-state index contributed by atoms with van der Waals surface area (Å²) in [4.78, 5) is 0. The number of hydrogen-bond donors (Lipinski definition) is 0. The summed E-state index contributed by atoms with van der Waals surface area (Å²) in [5, 5.41) is 0. The van der Waals surface area contributed by atoms with Crippen LogP contribution in [0.5, 0.6) is 0 Å². The standard InChI is InChI=1S/C20H30O/c1-19-10-4-5-17(19)16-7-6-14-13-15(21-3)8-12-20(14,2)18(16)9-11-19/h6,13,16-18H,4-5,7-12H2,1-3H3/t16-,17-,18-,19-,20-/m1/s1. The van der Waals surface area contributed by atoms with Crippen molar-refractivity contribution in [1.29, 1.82) is 0 Å². The van der Waals surface area contributed by atoms with Crippen molar-refractivity contribution in [3.8, 4) is 0 Å². The largest absolute Gasteiger partial charge is 0.501 e. The zero-order valence-corrected chi connectivity index (χ0v) is 14.0. The van der Waals surface area contributed by atoms with Crippen LogP contribution in [0.2, 0.25) is 0 Å². The highest BCUT2D eigenvalue weighted by Crippen LogP contribution is 2.64. The van der Waals surface area contributed by atoms with Gasteiger partial charge in [-0.2, -0.15) is 0 Å². The lowest BCUT2D eigenvalue weighted by molar-refractivity contribution is -0.0201. The Kier molecular flexibility index (Phi) is 3.07. The predicted octanol–water partition coefficient (Wildman–Crippen LogP) is 5.48. The Morgan fingerprint density at radius 3 is 2.76 bits per heavy atom. The van der Waals surface area contributed by atoms with E-state index in [-0.39, 0.29) is 0 Å². The highest BCUT2D eigenvalue weighted by molar-refractivity contribution is 5.35. The summed E-state index contributed by atoms with van der Waals surface area (Å²) < 4.78 is 5.53. The summed E-state index contributed by atoms with van der Waals surface area (Å²) in [5.74, 6) is 4.07. The Morgan fingerprint density at radius 2 is 1.95 bits per heavy atom. The van der Waals surface area contributed by atoms with Gasteiger partial charge in [-0.15, -0.1) is 0 Å². The number of rotatable bonds is 1. The van der Waals surface area contributed by atoms with Crippen LogP contribution < -0.4 is 0 Å². The maximum Gasteiger partial charge on any atom is 0.0958 e.